The maximum atomic E-state index is 11.8. The van der Waals surface area contributed by atoms with Crippen LogP contribution in [0.15, 0.2) is 30.9 Å². The number of amides is 1. The summed E-state index contributed by atoms with van der Waals surface area (Å²) in [7, 11) is 0. The number of rotatable bonds is 2. The Kier molecular flexibility index (Phi) is 2.32. The lowest BCUT2D eigenvalue weighted by atomic mass is 10.1. The number of nitrogens with two attached hydrogens (primary N) is 1. The van der Waals surface area contributed by atoms with Crippen molar-refractivity contribution in [2.24, 2.45) is 5.73 Å². The number of hydrogen-bond acceptors (Lipinski definition) is 2. The van der Waals surface area contributed by atoms with E-state index in [2.05, 4.69) is 6.58 Å². The minimum atomic E-state index is -0.514. The van der Waals surface area contributed by atoms with Crippen molar-refractivity contribution in [2.45, 2.75) is 13.0 Å². The Labute approximate surface area is 89.2 Å². The van der Waals surface area contributed by atoms with Crippen molar-refractivity contribution in [2.75, 3.05) is 11.4 Å². The molecule has 1 atom stereocenters. The van der Waals surface area contributed by atoms with Gasteiger partial charge in [0.1, 0.15) is 6.04 Å². The molecular formula is C12H14N2O. The maximum Gasteiger partial charge on any atom is 0.248 e. The van der Waals surface area contributed by atoms with Crippen molar-refractivity contribution >= 4 is 11.6 Å². The van der Waals surface area contributed by atoms with Crippen LogP contribution in [0.2, 0.25) is 0 Å². The van der Waals surface area contributed by atoms with Gasteiger partial charge in [-0.2, -0.15) is 0 Å². The standard InChI is InChI=1S/C12H14N2O/c1-3-6-14-10-5-4-8(2)7-9(10)11(13)12(14)15/h3-5,7,11H,1,6,13H2,2H3. The van der Waals surface area contributed by atoms with E-state index in [-0.39, 0.29) is 5.91 Å². The topological polar surface area (TPSA) is 46.3 Å². The molecule has 3 heteroatoms. The summed E-state index contributed by atoms with van der Waals surface area (Å²) in [6, 6.07) is 5.39. The Hall–Kier alpha value is -1.61. The molecule has 78 valence electrons. The third kappa shape index (κ3) is 1.45. The second-order valence-corrected chi connectivity index (χ2v) is 3.78. The molecular weight excluding hydrogens is 188 g/mol. The molecule has 1 aromatic carbocycles. The zero-order valence-electron chi connectivity index (χ0n) is 8.73. The van der Waals surface area contributed by atoms with Gasteiger partial charge in [0.05, 0.1) is 0 Å². The summed E-state index contributed by atoms with van der Waals surface area (Å²) in [6.07, 6.45) is 1.71. The molecule has 0 aromatic heterocycles. The first-order valence-electron chi connectivity index (χ1n) is 4.93. The highest BCUT2D eigenvalue weighted by Crippen LogP contribution is 2.34. The number of aryl methyl sites for hydroxylation is 1. The minimum absolute atomic E-state index is 0.0458. The molecule has 1 aliphatic rings. The molecule has 3 nitrogen and oxygen atoms in total. The van der Waals surface area contributed by atoms with E-state index in [1.165, 1.54) is 0 Å². The molecule has 0 fully saturated rings. The third-order valence-corrected chi connectivity index (χ3v) is 2.65. The monoisotopic (exact) mass is 202 g/mol. The number of anilines is 1. The van der Waals surface area contributed by atoms with Crippen molar-refractivity contribution < 1.29 is 4.79 Å². The van der Waals surface area contributed by atoms with Gasteiger partial charge in [0.15, 0.2) is 0 Å². The quantitative estimate of drug-likeness (QED) is 0.739. The molecule has 15 heavy (non-hydrogen) atoms. The molecule has 0 saturated carbocycles. The molecule has 1 aromatic rings. The molecule has 2 rings (SSSR count). The molecule has 0 bridgehead atoms. The highest BCUT2D eigenvalue weighted by Gasteiger charge is 2.33. The summed E-state index contributed by atoms with van der Waals surface area (Å²) in [6.45, 7) is 6.15. The Morgan fingerprint density at radius 1 is 1.60 bits per heavy atom. The fraction of sp³-hybridized carbons (Fsp3) is 0.250. The summed E-state index contributed by atoms with van der Waals surface area (Å²) >= 11 is 0. The fourth-order valence-electron chi connectivity index (χ4n) is 1.91. The van der Waals surface area contributed by atoms with Crippen molar-refractivity contribution in [1.29, 1.82) is 0 Å². The van der Waals surface area contributed by atoms with Crippen LogP contribution < -0.4 is 10.6 Å². The van der Waals surface area contributed by atoms with Crippen LogP contribution in [0, 0.1) is 6.92 Å². The number of fused-ring (bicyclic) bond motifs is 1. The molecule has 1 unspecified atom stereocenters. The zero-order chi connectivity index (χ0) is 11.0. The number of carbonyl (C=O) groups excluding carboxylic acids is 1. The number of nitrogens with zero attached hydrogens (tertiary/aromatic N) is 1. The van der Waals surface area contributed by atoms with E-state index in [0.29, 0.717) is 6.54 Å². The average Bonchev–Trinajstić information content (AvgIpc) is 2.44. The van der Waals surface area contributed by atoms with Crippen LogP contribution >= 0.6 is 0 Å². The van der Waals surface area contributed by atoms with E-state index in [4.69, 9.17) is 5.73 Å². The Bertz CT molecular complexity index is 426. The lowest BCUT2D eigenvalue weighted by Gasteiger charge is -2.14. The van der Waals surface area contributed by atoms with Crippen LogP contribution in [0.1, 0.15) is 17.2 Å². The highest BCUT2D eigenvalue weighted by atomic mass is 16.2. The van der Waals surface area contributed by atoms with Crippen molar-refractivity contribution in [3.63, 3.8) is 0 Å². The Morgan fingerprint density at radius 3 is 3.00 bits per heavy atom. The summed E-state index contributed by atoms with van der Waals surface area (Å²) in [5.41, 5.74) is 8.81. The van der Waals surface area contributed by atoms with E-state index in [9.17, 15) is 4.79 Å². The minimum Gasteiger partial charge on any atom is -0.316 e. The molecule has 1 amide bonds. The van der Waals surface area contributed by atoms with Gasteiger partial charge in [0, 0.05) is 17.8 Å². The lowest BCUT2D eigenvalue weighted by molar-refractivity contribution is -0.119. The first-order chi connectivity index (χ1) is 7.15. The zero-order valence-corrected chi connectivity index (χ0v) is 8.73. The lowest BCUT2D eigenvalue weighted by Crippen LogP contribution is -2.31. The van der Waals surface area contributed by atoms with Crippen molar-refractivity contribution in [1.82, 2.24) is 0 Å². The fourth-order valence-corrected chi connectivity index (χ4v) is 1.91. The normalized spacial score (nSPS) is 19.2. The molecule has 1 aliphatic heterocycles. The SMILES string of the molecule is C=CCN1C(=O)C(N)c2cc(C)ccc21. The van der Waals surface area contributed by atoms with E-state index in [1.54, 1.807) is 11.0 Å². The van der Waals surface area contributed by atoms with Crippen LogP contribution in [0.3, 0.4) is 0 Å². The Balaban J connectivity index is 2.50. The molecule has 0 spiro atoms. The molecule has 0 radical (unpaired) electrons. The third-order valence-electron chi connectivity index (χ3n) is 2.65. The van der Waals surface area contributed by atoms with Gasteiger partial charge in [-0.15, -0.1) is 6.58 Å². The van der Waals surface area contributed by atoms with Crippen LogP contribution in [-0.2, 0) is 4.79 Å². The molecule has 0 saturated heterocycles. The highest BCUT2D eigenvalue weighted by molar-refractivity contribution is 6.04. The largest absolute Gasteiger partial charge is 0.316 e. The van der Waals surface area contributed by atoms with Gasteiger partial charge >= 0.3 is 0 Å². The van der Waals surface area contributed by atoms with Gasteiger partial charge in [-0.05, 0) is 13.0 Å². The van der Waals surface area contributed by atoms with Crippen LogP contribution in [0.25, 0.3) is 0 Å². The van der Waals surface area contributed by atoms with Crippen LogP contribution in [0.5, 0.6) is 0 Å². The van der Waals surface area contributed by atoms with Crippen LogP contribution in [0.4, 0.5) is 5.69 Å². The molecule has 1 heterocycles. The predicted octanol–water partition coefficient (Wildman–Crippen LogP) is 1.53. The maximum absolute atomic E-state index is 11.8. The van der Waals surface area contributed by atoms with E-state index in [1.807, 2.05) is 25.1 Å². The Morgan fingerprint density at radius 2 is 2.33 bits per heavy atom. The summed E-state index contributed by atoms with van der Waals surface area (Å²) in [5, 5.41) is 0. The van der Waals surface area contributed by atoms with Gasteiger partial charge in [0.2, 0.25) is 5.91 Å². The summed E-state index contributed by atoms with van der Waals surface area (Å²) in [5.74, 6) is -0.0458. The van der Waals surface area contributed by atoms with Gasteiger partial charge in [0.25, 0.3) is 0 Å². The van der Waals surface area contributed by atoms with E-state index in [0.717, 1.165) is 16.8 Å². The second kappa shape index (κ2) is 3.51. The second-order valence-electron chi connectivity index (χ2n) is 3.78. The molecule has 0 aliphatic carbocycles. The van der Waals surface area contributed by atoms with Crippen molar-refractivity contribution in [3.8, 4) is 0 Å². The number of hydrogen-bond donors (Lipinski definition) is 1. The molecule has 2 N–H and O–H groups in total. The number of benzene rings is 1. The van der Waals surface area contributed by atoms with E-state index >= 15 is 0 Å². The van der Waals surface area contributed by atoms with Gasteiger partial charge in [-0.3, -0.25) is 4.79 Å². The first kappa shape index (κ1) is 9.93. The van der Waals surface area contributed by atoms with Gasteiger partial charge < -0.3 is 10.6 Å². The smallest absolute Gasteiger partial charge is 0.248 e. The average molecular weight is 202 g/mol. The first-order valence-corrected chi connectivity index (χ1v) is 4.93. The predicted molar refractivity (Wildman–Crippen MR) is 60.7 cm³/mol. The van der Waals surface area contributed by atoms with Gasteiger partial charge in [-0.1, -0.05) is 23.8 Å². The van der Waals surface area contributed by atoms with Crippen LogP contribution in [-0.4, -0.2) is 12.5 Å². The summed E-state index contributed by atoms with van der Waals surface area (Å²) < 4.78 is 0. The number of carbonyl (C=O) groups is 1. The van der Waals surface area contributed by atoms with Crippen molar-refractivity contribution in [3.05, 3.63) is 42.0 Å². The van der Waals surface area contributed by atoms with Gasteiger partial charge in [-0.25, -0.2) is 0 Å². The van der Waals surface area contributed by atoms with E-state index < -0.39 is 6.04 Å². The summed E-state index contributed by atoms with van der Waals surface area (Å²) in [4.78, 5) is 13.5.